The Morgan fingerprint density at radius 3 is 0.793 bits per heavy atom. The van der Waals surface area contributed by atoms with Crippen molar-refractivity contribution in [3.05, 3.63) is 0 Å². The van der Waals surface area contributed by atoms with Crippen LogP contribution in [0.2, 0.25) is 0 Å². The third kappa shape index (κ3) is 16.7. The van der Waals surface area contributed by atoms with Crippen molar-refractivity contribution in [2.24, 2.45) is 75.4 Å². The molecule has 18 heteroatoms. The van der Waals surface area contributed by atoms with Gasteiger partial charge in [0.05, 0.1) is 29.1 Å². The molecule has 18 nitrogen and oxygen atoms in total. The molecule has 0 aliphatic carbocycles. The summed E-state index contributed by atoms with van der Waals surface area (Å²) in [6.45, 7) is 53.9. The third-order valence-electron chi connectivity index (χ3n) is 23.7. The first kappa shape index (κ1) is 77.6. The highest BCUT2D eigenvalue weighted by molar-refractivity contribution is 5.88. The Hall–Kier alpha value is -3.42. The van der Waals surface area contributed by atoms with E-state index in [1.165, 1.54) is 0 Å². The first-order valence-corrected chi connectivity index (χ1v) is 35.4. The van der Waals surface area contributed by atoms with Crippen LogP contribution in [-0.4, -0.2) is 133 Å². The van der Waals surface area contributed by atoms with Crippen molar-refractivity contribution in [3.63, 3.8) is 0 Å². The average Bonchev–Trinajstić information content (AvgIpc) is 0.652. The van der Waals surface area contributed by atoms with Crippen LogP contribution in [-0.2, 0) is 28.8 Å². The second-order valence-electron chi connectivity index (χ2n) is 39.2. The van der Waals surface area contributed by atoms with Gasteiger partial charge in [-0.2, -0.15) is 0 Å². The van der Waals surface area contributed by atoms with E-state index in [-0.39, 0.29) is 56.8 Å². The molecule has 92 heavy (non-hydrogen) atoms. The van der Waals surface area contributed by atoms with Crippen molar-refractivity contribution in [2.45, 2.75) is 355 Å². The van der Waals surface area contributed by atoms with Gasteiger partial charge in [-0.15, -0.1) is 0 Å². The second-order valence-corrected chi connectivity index (χ2v) is 39.2. The van der Waals surface area contributed by atoms with Gasteiger partial charge in [0, 0.05) is 72.9 Å². The van der Waals surface area contributed by atoms with Crippen LogP contribution in [0.1, 0.15) is 288 Å². The highest BCUT2D eigenvalue weighted by Crippen LogP contribution is 2.80. The predicted octanol–water partition coefficient (Wildman–Crippen LogP) is 13.0. The number of nitrogens with one attached hydrogen (secondary N) is 6. The van der Waals surface area contributed by atoms with Gasteiger partial charge in [0.25, 0.3) is 0 Å². The van der Waals surface area contributed by atoms with Crippen LogP contribution in [0.4, 0.5) is 0 Å². The van der Waals surface area contributed by atoms with Crippen LogP contribution in [0.15, 0.2) is 0 Å². The summed E-state index contributed by atoms with van der Waals surface area (Å²) in [5, 5.41) is 95.1. The molecular weight excluding hydrogens is 1160 g/mol. The Kier molecular flexibility index (Phi) is 21.7. The Labute approximate surface area is 554 Å². The van der Waals surface area contributed by atoms with E-state index in [4.69, 9.17) is 0 Å². The molecule has 0 aromatic heterocycles. The van der Waals surface area contributed by atoms with Gasteiger partial charge >= 0.3 is 35.8 Å². The van der Waals surface area contributed by atoms with E-state index in [9.17, 15) is 49.8 Å². The van der Waals surface area contributed by atoms with Crippen LogP contribution in [0.3, 0.4) is 0 Å². The SMILES string of the molecule is CC1(C)CC(C(CCC(C(=O)O)C(C(=O)O)C(C(=O)O)C(CCCCCC(=O)O)C(=O)O)(C2CC(C)(C)NC(C)(C)C2)C(C2CC(C)(C)NC(C)(C)C2)(C2CC(C)(C)NC(C)(C)C2)C(C(=O)O)(C2CC(C)(C)NC(C)(C)C2)C2CC(C)(C)NC(C)(C)C2)CC(C)(C)N1. The number of piperidine rings is 6. The van der Waals surface area contributed by atoms with E-state index >= 15 is 9.59 Å². The summed E-state index contributed by atoms with van der Waals surface area (Å²) in [5.41, 5.74) is -11.3. The first-order chi connectivity index (χ1) is 41.2. The van der Waals surface area contributed by atoms with Gasteiger partial charge in [-0.25, -0.2) is 0 Å². The number of carboxylic acids is 6. The molecule has 0 saturated carbocycles. The summed E-state index contributed by atoms with van der Waals surface area (Å²) in [6.07, 6.45) is 6.16. The lowest BCUT2D eigenvalue weighted by Gasteiger charge is -2.78. The van der Waals surface area contributed by atoms with Crippen molar-refractivity contribution in [2.75, 3.05) is 0 Å². The summed E-state index contributed by atoms with van der Waals surface area (Å²) in [7, 11) is 0. The largest absolute Gasteiger partial charge is 0.481 e. The topological polar surface area (TPSA) is 296 Å². The number of carboxylic acid groups (broad SMARTS) is 6. The zero-order valence-electron chi connectivity index (χ0n) is 61.8. The smallest absolute Gasteiger partial charge is 0.310 e. The monoisotopic (exact) mass is 1300 g/mol. The lowest BCUT2D eigenvalue weighted by molar-refractivity contribution is -0.300. The zero-order chi connectivity index (χ0) is 70.4. The van der Waals surface area contributed by atoms with E-state index in [1.807, 2.05) is 0 Å². The van der Waals surface area contributed by atoms with Crippen molar-refractivity contribution in [1.29, 1.82) is 0 Å². The summed E-state index contributed by atoms with van der Waals surface area (Å²) >= 11 is 0. The molecule has 6 aliphatic heterocycles. The molecule has 0 radical (unpaired) electrons. The number of hydrogen-bond donors (Lipinski definition) is 12. The molecule has 6 saturated heterocycles. The first-order valence-electron chi connectivity index (χ1n) is 35.4. The van der Waals surface area contributed by atoms with E-state index in [0.717, 1.165) is 0 Å². The molecule has 0 amide bonds. The molecule has 6 heterocycles. The molecule has 4 atom stereocenters. The molecule has 6 rings (SSSR count). The average molecular weight is 1300 g/mol. The Morgan fingerprint density at radius 1 is 0.326 bits per heavy atom. The lowest BCUT2D eigenvalue weighted by atomic mass is 9.27. The summed E-state index contributed by atoms with van der Waals surface area (Å²) < 4.78 is 0. The van der Waals surface area contributed by atoms with Gasteiger partial charge in [-0.1, -0.05) is 12.8 Å². The highest BCUT2D eigenvalue weighted by Gasteiger charge is 2.81. The van der Waals surface area contributed by atoms with E-state index in [0.29, 0.717) is 77.0 Å². The number of carbonyl (C=O) groups is 6. The fourth-order valence-corrected chi connectivity index (χ4v) is 24.5. The summed E-state index contributed by atoms with van der Waals surface area (Å²) in [5.74, 6) is -19.2. The second kappa shape index (κ2) is 25.8. The molecular formula is C74H132N6O12. The van der Waals surface area contributed by atoms with Crippen LogP contribution in [0, 0.1) is 75.4 Å². The van der Waals surface area contributed by atoms with Crippen molar-refractivity contribution < 1.29 is 59.4 Å². The summed E-state index contributed by atoms with van der Waals surface area (Å²) in [6, 6.07) is 0. The number of unbranched alkanes of at least 4 members (excludes halogenated alkanes) is 2. The molecule has 0 bridgehead atoms. The van der Waals surface area contributed by atoms with Crippen molar-refractivity contribution >= 4 is 35.8 Å². The molecule has 6 aliphatic rings. The number of hydrogen-bond acceptors (Lipinski definition) is 12. The molecule has 0 aromatic rings. The minimum Gasteiger partial charge on any atom is -0.481 e. The van der Waals surface area contributed by atoms with Crippen LogP contribution in [0.25, 0.3) is 0 Å². The minimum absolute atomic E-state index is 0.0147. The van der Waals surface area contributed by atoms with Gasteiger partial charge < -0.3 is 62.5 Å². The molecule has 0 spiro atoms. The number of aliphatic carboxylic acids is 6. The maximum Gasteiger partial charge on any atom is 0.310 e. The highest BCUT2D eigenvalue weighted by atomic mass is 16.4. The Morgan fingerprint density at radius 2 is 0.565 bits per heavy atom. The van der Waals surface area contributed by atoms with Gasteiger partial charge in [0.2, 0.25) is 0 Å². The molecule has 4 unspecified atom stereocenters. The Balaban J connectivity index is 2.03. The predicted molar refractivity (Wildman–Crippen MR) is 363 cm³/mol. The van der Waals surface area contributed by atoms with Gasteiger partial charge in [-0.3, -0.25) is 28.8 Å². The van der Waals surface area contributed by atoms with Crippen LogP contribution < -0.4 is 31.9 Å². The normalized spacial score (nSPS) is 27.8. The van der Waals surface area contributed by atoms with Gasteiger partial charge in [0.1, 0.15) is 0 Å². The fraction of sp³-hybridized carbons (Fsp3) is 0.919. The van der Waals surface area contributed by atoms with E-state index in [2.05, 4.69) is 198 Å². The maximum atomic E-state index is 17.9. The fourth-order valence-electron chi connectivity index (χ4n) is 24.5. The maximum absolute atomic E-state index is 17.9. The number of rotatable bonds is 25. The van der Waals surface area contributed by atoms with Crippen LogP contribution >= 0.6 is 0 Å². The van der Waals surface area contributed by atoms with Gasteiger partial charge in [0.15, 0.2) is 0 Å². The van der Waals surface area contributed by atoms with Crippen molar-refractivity contribution in [1.82, 2.24) is 31.9 Å². The minimum atomic E-state index is -2.24. The van der Waals surface area contributed by atoms with Crippen LogP contribution in [0.5, 0.6) is 0 Å². The quantitative estimate of drug-likeness (QED) is 0.0378. The van der Waals surface area contributed by atoms with Crippen molar-refractivity contribution in [3.8, 4) is 0 Å². The van der Waals surface area contributed by atoms with Gasteiger partial charge in [-0.05, 0) is 315 Å². The lowest BCUT2D eigenvalue weighted by Crippen LogP contribution is -2.80. The Bertz CT molecular complexity index is 2510. The summed E-state index contributed by atoms with van der Waals surface area (Å²) in [4.78, 5) is 86.9. The molecule has 530 valence electrons. The molecule has 6 fully saturated rings. The van der Waals surface area contributed by atoms with E-state index < -0.39 is 166 Å². The zero-order valence-corrected chi connectivity index (χ0v) is 61.8. The third-order valence-corrected chi connectivity index (χ3v) is 23.7. The molecule has 0 aromatic carbocycles. The standard InChI is InChI=1S/C74H132N6O12/c1-60(2)32-44(33-61(3,4)75-60)72(45-34-62(5,6)76-63(7,8)35-45,31-30-51(56(85)86)54(58(89)90)53(57(87)88)50(55(83)84)28-26-25-27-29-52(81)82)74(48-40-68(17,18)79-69(19,20)41-48,49-42-70(21,22)80-71(23,24)43-49)73(59(91)92,46-36-64(9,10)77-65(11,12)37-46)47-38-66(13,14)78-67(15,16)39-47/h44-51,53-54,75-80H,25-43H2,1-24H3,(H,81,82)(H,83,84)(H,85,86)(H,87,88)(H,89,90)(H,91,92). The van der Waals surface area contributed by atoms with E-state index in [1.54, 1.807) is 0 Å². The molecule has 12 N–H and O–H groups in total.